The van der Waals surface area contributed by atoms with Crippen molar-refractivity contribution in [3.05, 3.63) is 83.9 Å². The van der Waals surface area contributed by atoms with Gasteiger partial charge in [0.25, 0.3) is 0 Å². The maximum absolute atomic E-state index is 12.1. The summed E-state index contributed by atoms with van der Waals surface area (Å²) in [4.78, 5) is 27.5. The second-order valence-corrected chi connectivity index (χ2v) is 7.06. The molecule has 3 aromatic carbocycles. The van der Waals surface area contributed by atoms with Crippen LogP contribution in [0.5, 0.6) is 5.75 Å². The van der Waals surface area contributed by atoms with E-state index < -0.39 is 5.97 Å². The normalized spacial score (nSPS) is 11.0. The van der Waals surface area contributed by atoms with E-state index in [9.17, 15) is 9.59 Å². The molecule has 0 saturated carbocycles. The second-order valence-electron chi connectivity index (χ2n) is 7.06. The number of carbonyl (C=O) groups excluding carboxylic acids is 1. The number of benzene rings is 3. The van der Waals surface area contributed by atoms with E-state index in [1.165, 1.54) is 6.08 Å². The number of oxazole rings is 1. The van der Waals surface area contributed by atoms with Crippen molar-refractivity contribution in [2.24, 2.45) is 0 Å². The third kappa shape index (κ3) is 5.02. The van der Waals surface area contributed by atoms with E-state index in [2.05, 4.69) is 10.3 Å². The van der Waals surface area contributed by atoms with Crippen LogP contribution in [0.3, 0.4) is 0 Å². The fourth-order valence-corrected chi connectivity index (χ4v) is 3.15. The predicted molar refractivity (Wildman–Crippen MR) is 121 cm³/mol. The zero-order valence-corrected chi connectivity index (χ0v) is 17.2. The number of hydrogen-bond acceptors (Lipinski definition) is 5. The van der Waals surface area contributed by atoms with E-state index >= 15 is 0 Å². The average molecular weight is 428 g/mol. The van der Waals surface area contributed by atoms with Gasteiger partial charge in [-0.2, -0.15) is 0 Å². The molecule has 1 heterocycles. The van der Waals surface area contributed by atoms with Crippen LogP contribution < -0.4 is 10.1 Å². The van der Waals surface area contributed by atoms with Crippen molar-refractivity contribution in [1.82, 2.24) is 4.98 Å². The van der Waals surface area contributed by atoms with Crippen LogP contribution in [-0.4, -0.2) is 29.1 Å². The lowest BCUT2D eigenvalue weighted by Crippen LogP contribution is -2.07. The van der Waals surface area contributed by atoms with Crippen LogP contribution in [0.15, 0.2) is 77.2 Å². The summed E-state index contributed by atoms with van der Waals surface area (Å²) in [7, 11) is 1.59. The topological polar surface area (TPSA) is 102 Å². The Morgan fingerprint density at radius 3 is 2.50 bits per heavy atom. The molecule has 2 N–H and O–H groups in total. The number of anilines is 1. The summed E-state index contributed by atoms with van der Waals surface area (Å²) < 4.78 is 10.9. The van der Waals surface area contributed by atoms with Gasteiger partial charge in [-0.05, 0) is 65.7 Å². The van der Waals surface area contributed by atoms with Crippen molar-refractivity contribution in [1.29, 1.82) is 0 Å². The molecule has 7 nitrogen and oxygen atoms in total. The van der Waals surface area contributed by atoms with Gasteiger partial charge in [0.2, 0.25) is 11.8 Å². The summed E-state index contributed by atoms with van der Waals surface area (Å²) in [6.45, 7) is 0. The number of carbonyl (C=O) groups is 2. The molecule has 0 aliphatic heterocycles. The van der Waals surface area contributed by atoms with Crippen LogP contribution >= 0.6 is 0 Å². The highest BCUT2D eigenvalue weighted by atomic mass is 16.5. The lowest BCUT2D eigenvalue weighted by atomic mass is 10.1. The van der Waals surface area contributed by atoms with E-state index in [1.807, 2.05) is 24.3 Å². The first-order valence-corrected chi connectivity index (χ1v) is 9.85. The minimum absolute atomic E-state index is 0.0643. The Bertz CT molecular complexity index is 1290. The van der Waals surface area contributed by atoms with Crippen LogP contribution in [0.2, 0.25) is 0 Å². The number of amides is 1. The van der Waals surface area contributed by atoms with Crippen molar-refractivity contribution in [3.63, 3.8) is 0 Å². The van der Waals surface area contributed by atoms with Gasteiger partial charge in [-0.15, -0.1) is 0 Å². The molecule has 4 aromatic rings. The third-order valence-corrected chi connectivity index (χ3v) is 4.75. The number of hydrogen-bond donors (Lipinski definition) is 2. The predicted octanol–water partition coefficient (Wildman–Crippen LogP) is 4.78. The number of carboxylic acid groups (broad SMARTS) is 1. The maximum Gasteiger partial charge on any atom is 0.307 e. The van der Waals surface area contributed by atoms with Crippen LogP contribution in [-0.2, 0) is 16.0 Å². The van der Waals surface area contributed by atoms with E-state index in [1.54, 1.807) is 55.7 Å². The van der Waals surface area contributed by atoms with E-state index in [4.69, 9.17) is 14.3 Å². The van der Waals surface area contributed by atoms with Crippen molar-refractivity contribution in [3.8, 4) is 17.2 Å². The van der Waals surface area contributed by atoms with Gasteiger partial charge in [0.15, 0.2) is 5.58 Å². The molecule has 1 amide bonds. The number of aliphatic carboxylic acids is 1. The number of carboxylic acids is 1. The number of nitrogens with zero attached hydrogens (tertiary/aromatic N) is 1. The van der Waals surface area contributed by atoms with Gasteiger partial charge in [0, 0.05) is 17.3 Å². The molecule has 0 fully saturated rings. The number of ether oxygens (including phenoxy) is 1. The number of rotatable bonds is 7. The monoisotopic (exact) mass is 428 g/mol. The van der Waals surface area contributed by atoms with E-state index in [-0.39, 0.29) is 12.3 Å². The largest absolute Gasteiger partial charge is 0.497 e. The highest BCUT2D eigenvalue weighted by Crippen LogP contribution is 2.25. The van der Waals surface area contributed by atoms with Crippen molar-refractivity contribution >= 4 is 34.7 Å². The van der Waals surface area contributed by atoms with E-state index in [0.717, 1.165) is 16.9 Å². The van der Waals surface area contributed by atoms with Gasteiger partial charge in [-0.3, -0.25) is 9.59 Å². The summed E-state index contributed by atoms with van der Waals surface area (Å²) in [5.74, 6) is 0.0308. The smallest absolute Gasteiger partial charge is 0.307 e. The van der Waals surface area contributed by atoms with Gasteiger partial charge in [0.05, 0.1) is 13.5 Å². The number of fused-ring (bicyclic) bond motifs is 1. The molecule has 0 atom stereocenters. The van der Waals surface area contributed by atoms with Crippen LogP contribution in [0.25, 0.3) is 28.6 Å². The fourth-order valence-electron chi connectivity index (χ4n) is 3.15. The Morgan fingerprint density at radius 1 is 1.06 bits per heavy atom. The molecule has 32 heavy (non-hydrogen) atoms. The van der Waals surface area contributed by atoms with Crippen molar-refractivity contribution in [2.45, 2.75) is 6.42 Å². The van der Waals surface area contributed by atoms with Gasteiger partial charge in [-0.1, -0.05) is 18.2 Å². The van der Waals surface area contributed by atoms with Gasteiger partial charge in [-0.25, -0.2) is 4.98 Å². The van der Waals surface area contributed by atoms with Crippen LogP contribution in [0, 0.1) is 0 Å². The highest BCUT2D eigenvalue weighted by molar-refractivity contribution is 6.02. The standard InChI is InChI=1S/C25H20N2O5/c1-31-20-10-8-19(9-11-20)26-23(28)13-5-16-2-6-18(7-3-16)25-27-21-14-17(15-24(29)30)4-12-22(21)32-25/h2-14H,15H2,1H3,(H,26,28)(H,29,30)/b13-5+. The SMILES string of the molecule is COc1ccc(NC(=O)/C=C/c2ccc(-c3nc4cc(CC(=O)O)ccc4o3)cc2)cc1. The summed E-state index contributed by atoms with van der Waals surface area (Å²) >= 11 is 0. The molecule has 0 saturated heterocycles. The summed E-state index contributed by atoms with van der Waals surface area (Å²) in [6, 6.07) is 19.7. The minimum Gasteiger partial charge on any atom is -0.497 e. The Hall–Kier alpha value is -4.39. The Kier molecular flexibility index (Phi) is 5.98. The zero-order chi connectivity index (χ0) is 22.5. The first-order chi connectivity index (χ1) is 15.5. The number of nitrogens with one attached hydrogen (secondary N) is 1. The summed E-state index contributed by atoms with van der Waals surface area (Å²) in [6.07, 6.45) is 3.11. The molecular formula is C25H20N2O5. The molecule has 0 aliphatic carbocycles. The van der Waals surface area contributed by atoms with Gasteiger partial charge in [0.1, 0.15) is 11.3 Å². The molecule has 4 rings (SSSR count). The molecule has 0 aliphatic rings. The lowest BCUT2D eigenvalue weighted by Gasteiger charge is -2.03. The molecule has 7 heteroatoms. The lowest BCUT2D eigenvalue weighted by molar-refractivity contribution is -0.136. The molecular weight excluding hydrogens is 408 g/mol. The van der Waals surface area contributed by atoms with Crippen molar-refractivity contribution < 1.29 is 23.8 Å². The van der Waals surface area contributed by atoms with Crippen LogP contribution in [0.4, 0.5) is 5.69 Å². The molecule has 0 radical (unpaired) electrons. The van der Waals surface area contributed by atoms with Gasteiger partial charge < -0.3 is 19.6 Å². The average Bonchev–Trinajstić information content (AvgIpc) is 3.21. The molecule has 0 unspecified atom stereocenters. The summed E-state index contributed by atoms with van der Waals surface area (Å²) in [5, 5.41) is 11.7. The number of methoxy groups -OCH3 is 1. The van der Waals surface area contributed by atoms with E-state index in [0.29, 0.717) is 28.2 Å². The molecule has 1 aromatic heterocycles. The zero-order valence-electron chi connectivity index (χ0n) is 17.2. The molecule has 0 spiro atoms. The second kappa shape index (κ2) is 9.18. The van der Waals surface area contributed by atoms with Gasteiger partial charge >= 0.3 is 5.97 Å². The third-order valence-electron chi connectivity index (χ3n) is 4.75. The highest BCUT2D eigenvalue weighted by Gasteiger charge is 2.10. The van der Waals surface area contributed by atoms with Crippen molar-refractivity contribution in [2.75, 3.05) is 12.4 Å². The maximum atomic E-state index is 12.1. The fraction of sp³-hybridized carbons (Fsp3) is 0.0800. The Balaban J connectivity index is 1.43. The first-order valence-electron chi connectivity index (χ1n) is 9.85. The molecule has 0 bridgehead atoms. The number of aromatic nitrogens is 1. The quantitative estimate of drug-likeness (QED) is 0.411. The molecule has 160 valence electrons. The summed E-state index contributed by atoms with van der Waals surface area (Å²) in [5.41, 5.74) is 4.17. The Morgan fingerprint density at radius 2 is 1.81 bits per heavy atom. The minimum atomic E-state index is -0.894. The van der Waals surface area contributed by atoms with Crippen LogP contribution in [0.1, 0.15) is 11.1 Å². The Labute approximate surface area is 184 Å². The first kappa shape index (κ1) is 20.9.